The summed E-state index contributed by atoms with van der Waals surface area (Å²) < 4.78 is 6.30. The summed E-state index contributed by atoms with van der Waals surface area (Å²) in [6.07, 6.45) is 1.07. The van der Waals surface area contributed by atoms with Crippen molar-refractivity contribution in [2.75, 3.05) is 13.2 Å². The molecule has 1 aliphatic heterocycles. The average molecular weight is 242 g/mol. The summed E-state index contributed by atoms with van der Waals surface area (Å²) in [4.78, 5) is 4.46. The molecule has 1 aromatic rings. The third-order valence-electron chi connectivity index (χ3n) is 2.55. The first-order valence-electron chi connectivity index (χ1n) is 4.41. The Morgan fingerprint density at radius 3 is 3.00 bits per heavy atom. The van der Waals surface area contributed by atoms with Crippen molar-refractivity contribution in [2.24, 2.45) is 0 Å². The molecule has 0 bridgehead atoms. The van der Waals surface area contributed by atoms with Crippen LogP contribution in [0.1, 0.15) is 19.0 Å². The molecule has 1 atom stereocenters. The van der Waals surface area contributed by atoms with Crippen LogP contribution in [0.5, 0.6) is 0 Å². The highest BCUT2D eigenvalue weighted by atomic mass is 79.9. The lowest BCUT2D eigenvalue weighted by molar-refractivity contribution is 0.180. The van der Waals surface area contributed by atoms with Gasteiger partial charge >= 0.3 is 0 Å². The fraction of sp³-hybridized carbons (Fsp3) is 0.500. The minimum absolute atomic E-state index is 0.115. The van der Waals surface area contributed by atoms with Crippen molar-refractivity contribution in [3.8, 4) is 0 Å². The van der Waals surface area contributed by atoms with Crippen LogP contribution < -0.4 is 0 Å². The molecule has 13 heavy (non-hydrogen) atoms. The van der Waals surface area contributed by atoms with Gasteiger partial charge in [0.25, 0.3) is 0 Å². The molecule has 0 spiro atoms. The monoisotopic (exact) mass is 241 g/mol. The molecular weight excluding hydrogens is 230 g/mol. The van der Waals surface area contributed by atoms with Crippen LogP contribution in [-0.2, 0) is 10.2 Å². The van der Waals surface area contributed by atoms with Crippen LogP contribution in [0.2, 0.25) is 0 Å². The predicted octanol–water partition coefficient (Wildman–Crippen LogP) is 2.52. The summed E-state index contributed by atoms with van der Waals surface area (Å²) in [5.41, 5.74) is 1.24. The quantitative estimate of drug-likeness (QED) is 0.706. The molecular formula is C10H12BrNO. The largest absolute Gasteiger partial charge is 0.380 e. The number of halogens is 1. The van der Waals surface area contributed by atoms with Crippen molar-refractivity contribution < 1.29 is 4.74 Å². The Bertz CT molecular complexity index is 308. The van der Waals surface area contributed by atoms with E-state index in [0.717, 1.165) is 29.9 Å². The van der Waals surface area contributed by atoms with Crippen LogP contribution in [0.4, 0.5) is 0 Å². The normalized spacial score (nSPS) is 27.8. The van der Waals surface area contributed by atoms with E-state index in [1.807, 2.05) is 12.1 Å². The zero-order valence-corrected chi connectivity index (χ0v) is 9.17. The van der Waals surface area contributed by atoms with Gasteiger partial charge in [-0.1, -0.05) is 13.0 Å². The Balaban J connectivity index is 2.33. The number of aromatic nitrogens is 1. The molecule has 2 rings (SSSR count). The van der Waals surface area contributed by atoms with Crippen LogP contribution in [0.3, 0.4) is 0 Å². The minimum Gasteiger partial charge on any atom is -0.380 e. The second-order valence-corrected chi connectivity index (χ2v) is 4.52. The highest BCUT2D eigenvalue weighted by Gasteiger charge is 2.32. The number of rotatable bonds is 1. The topological polar surface area (TPSA) is 22.1 Å². The van der Waals surface area contributed by atoms with E-state index in [-0.39, 0.29) is 5.41 Å². The first kappa shape index (κ1) is 9.16. The van der Waals surface area contributed by atoms with E-state index < -0.39 is 0 Å². The third-order valence-corrected chi connectivity index (χ3v) is 2.99. The lowest BCUT2D eigenvalue weighted by atomic mass is 9.86. The standard InChI is InChI=1S/C10H12BrNO/c1-10(5-6-13-7-10)8-3-2-4-9(11)12-8/h2-4H,5-7H2,1H3. The molecule has 1 unspecified atom stereocenters. The molecule has 1 aliphatic rings. The molecule has 1 saturated heterocycles. The highest BCUT2D eigenvalue weighted by Crippen LogP contribution is 2.31. The smallest absolute Gasteiger partial charge is 0.106 e. The van der Waals surface area contributed by atoms with E-state index in [9.17, 15) is 0 Å². The van der Waals surface area contributed by atoms with Gasteiger partial charge in [0.15, 0.2) is 0 Å². The zero-order chi connectivity index (χ0) is 9.31. The molecule has 0 amide bonds. The number of ether oxygens (including phenoxy) is 1. The summed E-state index contributed by atoms with van der Waals surface area (Å²) in [7, 11) is 0. The fourth-order valence-electron chi connectivity index (χ4n) is 1.61. The molecule has 1 fully saturated rings. The van der Waals surface area contributed by atoms with Crippen LogP contribution >= 0.6 is 15.9 Å². The third kappa shape index (κ3) is 1.76. The van der Waals surface area contributed by atoms with E-state index in [0.29, 0.717) is 0 Å². The van der Waals surface area contributed by atoms with E-state index in [4.69, 9.17) is 4.74 Å². The van der Waals surface area contributed by atoms with Gasteiger partial charge in [-0.2, -0.15) is 0 Å². The van der Waals surface area contributed by atoms with Gasteiger partial charge in [-0.3, -0.25) is 0 Å². The lowest BCUT2D eigenvalue weighted by Gasteiger charge is -2.20. The van der Waals surface area contributed by atoms with Crippen molar-refractivity contribution in [3.05, 3.63) is 28.5 Å². The maximum atomic E-state index is 5.40. The van der Waals surface area contributed by atoms with Crippen molar-refractivity contribution >= 4 is 15.9 Å². The van der Waals surface area contributed by atoms with Gasteiger partial charge in [0.05, 0.1) is 6.61 Å². The summed E-state index contributed by atoms with van der Waals surface area (Å²) in [5.74, 6) is 0. The zero-order valence-electron chi connectivity index (χ0n) is 7.59. The number of hydrogen-bond acceptors (Lipinski definition) is 2. The Morgan fingerprint density at radius 1 is 1.54 bits per heavy atom. The molecule has 0 aliphatic carbocycles. The second-order valence-electron chi connectivity index (χ2n) is 3.71. The first-order chi connectivity index (χ1) is 6.21. The van der Waals surface area contributed by atoms with E-state index >= 15 is 0 Å². The Kier molecular flexibility index (Phi) is 2.39. The lowest BCUT2D eigenvalue weighted by Crippen LogP contribution is -2.23. The summed E-state index contributed by atoms with van der Waals surface area (Å²) >= 11 is 3.38. The molecule has 0 saturated carbocycles. The highest BCUT2D eigenvalue weighted by molar-refractivity contribution is 9.10. The van der Waals surface area contributed by atoms with Crippen molar-refractivity contribution in [1.82, 2.24) is 4.98 Å². The molecule has 3 heteroatoms. The molecule has 0 radical (unpaired) electrons. The van der Waals surface area contributed by atoms with Gasteiger partial charge in [-0.25, -0.2) is 4.98 Å². The van der Waals surface area contributed by atoms with Crippen LogP contribution in [-0.4, -0.2) is 18.2 Å². The predicted molar refractivity (Wildman–Crippen MR) is 54.7 cm³/mol. The summed E-state index contributed by atoms with van der Waals surface area (Å²) in [6, 6.07) is 6.04. The second kappa shape index (κ2) is 3.39. The first-order valence-corrected chi connectivity index (χ1v) is 5.21. The number of nitrogens with zero attached hydrogens (tertiary/aromatic N) is 1. The molecule has 2 heterocycles. The average Bonchev–Trinajstić information content (AvgIpc) is 2.54. The Hall–Kier alpha value is -0.410. The Morgan fingerprint density at radius 2 is 2.38 bits per heavy atom. The van der Waals surface area contributed by atoms with E-state index in [2.05, 4.69) is 33.9 Å². The number of pyridine rings is 1. The van der Waals surface area contributed by atoms with Gasteiger partial charge in [0, 0.05) is 17.7 Å². The summed E-state index contributed by atoms with van der Waals surface area (Å²) in [6.45, 7) is 3.84. The molecule has 1 aromatic heterocycles. The van der Waals surface area contributed by atoms with Crippen LogP contribution in [0.25, 0.3) is 0 Å². The van der Waals surface area contributed by atoms with Crippen LogP contribution in [0.15, 0.2) is 22.8 Å². The van der Waals surface area contributed by atoms with Crippen molar-refractivity contribution in [1.29, 1.82) is 0 Å². The summed E-state index contributed by atoms with van der Waals surface area (Å²) in [5, 5.41) is 0. The molecule has 70 valence electrons. The van der Waals surface area contributed by atoms with Gasteiger partial charge < -0.3 is 4.74 Å². The Labute approximate surface area is 86.5 Å². The van der Waals surface area contributed by atoms with E-state index in [1.54, 1.807) is 0 Å². The molecule has 0 N–H and O–H groups in total. The van der Waals surface area contributed by atoms with E-state index in [1.165, 1.54) is 0 Å². The van der Waals surface area contributed by atoms with Crippen molar-refractivity contribution in [2.45, 2.75) is 18.8 Å². The van der Waals surface area contributed by atoms with Gasteiger partial charge in [-0.05, 0) is 34.5 Å². The molecule has 0 aromatic carbocycles. The maximum absolute atomic E-state index is 5.40. The maximum Gasteiger partial charge on any atom is 0.106 e. The number of hydrogen-bond donors (Lipinski definition) is 0. The van der Waals surface area contributed by atoms with Crippen molar-refractivity contribution in [3.63, 3.8) is 0 Å². The van der Waals surface area contributed by atoms with Gasteiger partial charge in [-0.15, -0.1) is 0 Å². The van der Waals surface area contributed by atoms with Gasteiger partial charge in [0.2, 0.25) is 0 Å². The van der Waals surface area contributed by atoms with Gasteiger partial charge in [0.1, 0.15) is 4.60 Å². The van der Waals surface area contributed by atoms with Crippen LogP contribution in [0, 0.1) is 0 Å². The molecule has 2 nitrogen and oxygen atoms in total. The minimum atomic E-state index is 0.115. The fourth-order valence-corrected chi connectivity index (χ4v) is 1.96. The SMILES string of the molecule is CC1(c2cccc(Br)n2)CCOC1.